The summed E-state index contributed by atoms with van der Waals surface area (Å²) in [6, 6.07) is 10.1. The number of rotatable bonds is 4. The van der Waals surface area contributed by atoms with Gasteiger partial charge < -0.3 is 14.4 Å². The van der Waals surface area contributed by atoms with Crippen LogP contribution in [0.5, 0.6) is 5.88 Å². The monoisotopic (exact) mass is 438 g/mol. The van der Waals surface area contributed by atoms with Crippen LogP contribution in [0.2, 0.25) is 0 Å². The summed E-state index contributed by atoms with van der Waals surface area (Å²) in [6.45, 7) is 6.94. The van der Waals surface area contributed by atoms with E-state index in [1.807, 2.05) is 43.9 Å². The quantitative estimate of drug-likeness (QED) is 0.710. The van der Waals surface area contributed by atoms with E-state index < -0.39 is 11.4 Å². The summed E-state index contributed by atoms with van der Waals surface area (Å²) < 4.78 is 25.7. The van der Waals surface area contributed by atoms with Gasteiger partial charge in [0.15, 0.2) is 0 Å². The number of hydrogen-bond acceptors (Lipinski definition) is 6. The van der Waals surface area contributed by atoms with Gasteiger partial charge in [-0.15, -0.1) is 0 Å². The Bertz CT molecular complexity index is 1030. The van der Waals surface area contributed by atoms with Crippen LogP contribution in [-0.4, -0.2) is 46.8 Å². The minimum Gasteiger partial charge on any atom is -0.471 e. The Labute approximate surface area is 187 Å². The maximum atomic E-state index is 14.2. The third-order valence-electron chi connectivity index (χ3n) is 5.72. The van der Waals surface area contributed by atoms with Gasteiger partial charge in [0, 0.05) is 24.8 Å². The number of halogens is 1. The molecular weight excluding hydrogens is 411 g/mol. The van der Waals surface area contributed by atoms with Gasteiger partial charge in [-0.25, -0.2) is 14.2 Å². The van der Waals surface area contributed by atoms with Gasteiger partial charge in [0.2, 0.25) is 5.88 Å². The highest BCUT2D eigenvalue weighted by molar-refractivity contribution is 5.70. The first-order valence-electron chi connectivity index (χ1n) is 10.8. The summed E-state index contributed by atoms with van der Waals surface area (Å²) >= 11 is 0. The number of benzene rings is 1. The number of anilines is 1. The smallest absolute Gasteiger partial charge is 0.410 e. The molecule has 3 heterocycles. The summed E-state index contributed by atoms with van der Waals surface area (Å²) in [5.41, 5.74) is 0.916. The van der Waals surface area contributed by atoms with Gasteiger partial charge in [0.1, 0.15) is 23.7 Å². The molecule has 2 aromatic rings. The van der Waals surface area contributed by atoms with E-state index in [9.17, 15) is 9.18 Å². The van der Waals surface area contributed by atoms with Crippen LogP contribution in [0.1, 0.15) is 44.7 Å². The minimum absolute atomic E-state index is 0.00624. The molecule has 0 saturated carbocycles. The molecule has 2 atom stereocenters. The molecule has 2 fully saturated rings. The van der Waals surface area contributed by atoms with Crippen molar-refractivity contribution in [2.75, 3.05) is 18.0 Å². The maximum Gasteiger partial charge on any atom is 0.410 e. The Morgan fingerprint density at radius 1 is 1.25 bits per heavy atom. The number of nitrogens with zero attached hydrogens (tertiary/aromatic N) is 4. The summed E-state index contributed by atoms with van der Waals surface area (Å²) in [6.07, 6.45) is 3.23. The Morgan fingerprint density at radius 2 is 1.97 bits per heavy atom. The molecule has 168 valence electrons. The lowest BCUT2D eigenvalue weighted by molar-refractivity contribution is 0.0123. The van der Waals surface area contributed by atoms with Crippen LogP contribution in [-0.2, 0) is 11.3 Å². The average Bonchev–Trinajstić information content (AvgIpc) is 3.02. The Balaban J connectivity index is 1.47. The van der Waals surface area contributed by atoms with Crippen LogP contribution in [0.25, 0.3) is 0 Å². The number of fused-ring (bicyclic) bond motifs is 2. The Hall–Kier alpha value is -3.34. The van der Waals surface area contributed by atoms with Gasteiger partial charge in [-0.2, -0.15) is 5.26 Å². The van der Waals surface area contributed by atoms with E-state index in [4.69, 9.17) is 14.7 Å². The molecule has 2 saturated heterocycles. The van der Waals surface area contributed by atoms with Gasteiger partial charge in [-0.1, -0.05) is 6.07 Å². The predicted molar refractivity (Wildman–Crippen MR) is 117 cm³/mol. The van der Waals surface area contributed by atoms with Crippen molar-refractivity contribution in [1.29, 1.82) is 5.26 Å². The molecule has 0 radical (unpaired) electrons. The standard InChI is InChI=1S/C24H27FN4O3/c1-24(2,3)32-23(30)29-18-8-9-19(29)14-28(13-18)21-5-4-10-27-22(21)31-15-17-7-6-16(12-26)11-20(17)25/h4-7,10-11,18-19H,8-9,13-15H2,1-3H3/t18-,19+. The Kier molecular flexibility index (Phi) is 5.92. The van der Waals surface area contributed by atoms with Crippen molar-refractivity contribution in [3.63, 3.8) is 0 Å². The first-order chi connectivity index (χ1) is 15.2. The van der Waals surface area contributed by atoms with Gasteiger partial charge >= 0.3 is 6.09 Å². The second kappa shape index (κ2) is 8.65. The third kappa shape index (κ3) is 4.62. The number of nitriles is 1. The van der Waals surface area contributed by atoms with Crippen molar-refractivity contribution in [3.8, 4) is 11.9 Å². The van der Waals surface area contributed by atoms with E-state index in [0.717, 1.165) is 18.5 Å². The Morgan fingerprint density at radius 3 is 2.59 bits per heavy atom. The molecule has 2 bridgehead atoms. The van der Waals surface area contributed by atoms with Crippen molar-refractivity contribution in [2.24, 2.45) is 0 Å². The lowest BCUT2D eigenvalue weighted by Crippen LogP contribution is -2.56. The molecule has 0 aliphatic carbocycles. The van der Waals surface area contributed by atoms with Crippen molar-refractivity contribution < 1.29 is 18.7 Å². The normalized spacial score (nSPS) is 20.1. The van der Waals surface area contributed by atoms with Crippen molar-refractivity contribution in [1.82, 2.24) is 9.88 Å². The molecule has 4 rings (SSSR count). The predicted octanol–water partition coefficient (Wildman–Crippen LogP) is 4.26. The van der Waals surface area contributed by atoms with E-state index in [0.29, 0.717) is 24.5 Å². The SMILES string of the molecule is CC(C)(C)OC(=O)N1[C@@H]2CC[C@H]1CN(c1cccnc1OCc1ccc(C#N)cc1F)C2. The first-order valence-corrected chi connectivity index (χ1v) is 10.8. The zero-order chi connectivity index (χ0) is 22.9. The zero-order valence-corrected chi connectivity index (χ0v) is 18.5. The molecule has 1 aromatic heterocycles. The summed E-state index contributed by atoms with van der Waals surface area (Å²) in [4.78, 5) is 21.1. The van der Waals surface area contributed by atoms with Crippen molar-refractivity contribution in [2.45, 2.75) is 57.9 Å². The number of carbonyl (C=O) groups excluding carboxylic acids is 1. The van der Waals surface area contributed by atoms with Crippen LogP contribution >= 0.6 is 0 Å². The first kappa shape index (κ1) is 21.9. The van der Waals surface area contributed by atoms with E-state index in [2.05, 4.69) is 9.88 Å². The highest BCUT2D eigenvalue weighted by Crippen LogP contribution is 2.36. The lowest BCUT2D eigenvalue weighted by Gasteiger charge is -2.42. The zero-order valence-electron chi connectivity index (χ0n) is 18.5. The lowest BCUT2D eigenvalue weighted by atomic mass is 10.1. The fourth-order valence-electron chi connectivity index (χ4n) is 4.33. The van der Waals surface area contributed by atoms with Crippen molar-refractivity contribution >= 4 is 11.8 Å². The van der Waals surface area contributed by atoms with Gasteiger partial charge in [0.25, 0.3) is 0 Å². The van der Waals surface area contributed by atoms with Crippen molar-refractivity contribution in [3.05, 3.63) is 53.5 Å². The topological polar surface area (TPSA) is 78.7 Å². The summed E-state index contributed by atoms with van der Waals surface area (Å²) in [5.74, 6) is -0.0630. The highest BCUT2D eigenvalue weighted by Gasteiger charge is 2.44. The fourth-order valence-corrected chi connectivity index (χ4v) is 4.33. The van der Waals surface area contributed by atoms with E-state index in [-0.39, 0.29) is 30.3 Å². The number of pyridine rings is 1. The van der Waals surface area contributed by atoms with Gasteiger partial charge in [-0.3, -0.25) is 4.90 Å². The van der Waals surface area contributed by atoms with Crippen LogP contribution in [0.3, 0.4) is 0 Å². The van der Waals surface area contributed by atoms with Crippen LogP contribution in [0, 0.1) is 17.1 Å². The molecule has 1 amide bonds. The largest absolute Gasteiger partial charge is 0.471 e. The fraction of sp³-hybridized carbons (Fsp3) is 0.458. The number of piperazine rings is 1. The number of aromatic nitrogens is 1. The van der Waals surface area contributed by atoms with E-state index >= 15 is 0 Å². The number of carbonyl (C=O) groups is 1. The molecule has 7 nitrogen and oxygen atoms in total. The molecule has 8 heteroatoms. The molecule has 0 N–H and O–H groups in total. The molecule has 2 aliphatic heterocycles. The summed E-state index contributed by atoms with van der Waals surface area (Å²) in [7, 11) is 0. The maximum absolute atomic E-state index is 14.2. The second-order valence-electron chi connectivity index (χ2n) is 9.21. The van der Waals surface area contributed by atoms with E-state index in [1.54, 1.807) is 18.3 Å². The van der Waals surface area contributed by atoms with Crippen LogP contribution in [0.15, 0.2) is 36.5 Å². The molecular formula is C24H27FN4O3. The number of hydrogen-bond donors (Lipinski definition) is 0. The molecule has 1 aromatic carbocycles. The second-order valence-corrected chi connectivity index (χ2v) is 9.21. The third-order valence-corrected chi connectivity index (χ3v) is 5.72. The minimum atomic E-state index is -0.529. The highest BCUT2D eigenvalue weighted by atomic mass is 19.1. The van der Waals surface area contributed by atoms with Gasteiger partial charge in [0.05, 0.1) is 23.7 Å². The number of ether oxygens (including phenoxy) is 2. The summed E-state index contributed by atoms with van der Waals surface area (Å²) in [5, 5.41) is 8.90. The average molecular weight is 439 g/mol. The van der Waals surface area contributed by atoms with Crippen LogP contribution in [0.4, 0.5) is 14.9 Å². The molecule has 2 aliphatic rings. The number of amides is 1. The van der Waals surface area contributed by atoms with Gasteiger partial charge in [-0.05, 0) is 57.9 Å². The molecule has 32 heavy (non-hydrogen) atoms. The molecule has 0 unspecified atom stereocenters. The molecule has 0 spiro atoms. The van der Waals surface area contributed by atoms with Crippen LogP contribution < -0.4 is 9.64 Å². The van der Waals surface area contributed by atoms with E-state index in [1.165, 1.54) is 6.07 Å².